The van der Waals surface area contributed by atoms with Crippen molar-refractivity contribution < 1.29 is 14.4 Å². The van der Waals surface area contributed by atoms with Gasteiger partial charge in [0.25, 0.3) is 0 Å². The number of amides is 2. The molecule has 0 saturated heterocycles. The van der Waals surface area contributed by atoms with Crippen molar-refractivity contribution in [3.63, 3.8) is 0 Å². The van der Waals surface area contributed by atoms with E-state index in [0.29, 0.717) is 11.3 Å². The van der Waals surface area contributed by atoms with Crippen molar-refractivity contribution >= 4 is 34.6 Å². The molecular weight excluding hydrogens is 432 g/mol. The number of rotatable bonds is 8. The lowest BCUT2D eigenvalue weighted by atomic mass is 10.0. The van der Waals surface area contributed by atoms with Crippen molar-refractivity contribution in [3.05, 3.63) is 88.1 Å². The van der Waals surface area contributed by atoms with E-state index in [2.05, 4.69) is 5.32 Å². The third kappa shape index (κ3) is 5.57. The lowest BCUT2D eigenvalue weighted by molar-refractivity contribution is -0.127. The zero-order valence-corrected chi connectivity index (χ0v) is 19.5. The van der Waals surface area contributed by atoms with Gasteiger partial charge in [0, 0.05) is 22.2 Å². The number of Topliss-reactive ketones (excluding diaryl/α,β-unsaturated/α-hetero) is 1. The molecule has 0 bridgehead atoms. The predicted molar refractivity (Wildman–Crippen MR) is 132 cm³/mol. The highest BCUT2D eigenvalue weighted by Crippen LogP contribution is 2.30. The molecule has 2 amide bonds. The average Bonchev–Trinajstić information content (AvgIpc) is 3.52. The van der Waals surface area contributed by atoms with Gasteiger partial charge in [0.05, 0.1) is 6.42 Å². The number of ketones is 1. The van der Waals surface area contributed by atoms with Crippen LogP contribution < -0.4 is 10.2 Å². The summed E-state index contributed by atoms with van der Waals surface area (Å²) in [5.74, 6) is -0.386. The van der Waals surface area contributed by atoms with Gasteiger partial charge < -0.3 is 5.32 Å². The zero-order valence-electron chi connectivity index (χ0n) is 18.7. The molecule has 1 fully saturated rings. The van der Waals surface area contributed by atoms with Crippen LogP contribution in [0.4, 0.5) is 5.69 Å². The summed E-state index contributed by atoms with van der Waals surface area (Å²) in [5, 5.41) is 5.13. The molecule has 1 heterocycles. The minimum absolute atomic E-state index is 0.0448. The first-order chi connectivity index (χ1) is 16.0. The van der Waals surface area contributed by atoms with E-state index in [1.807, 2.05) is 47.8 Å². The maximum atomic E-state index is 13.7. The van der Waals surface area contributed by atoms with E-state index < -0.39 is 6.04 Å². The van der Waals surface area contributed by atoms with Crippen molar-refractivity contribution in [2.45, 2.75) is 51.1 Å². The van der Waals surface area contributed by atoms with Crippen LogP contribution >= 0.6 is 11.3 Å². The van der Waals surface area contributed by atoms with Crippen LogP contribution in [0.1, 0.15) is 59.4 Å². The highest BCUT2D eigenvalue weighted by Gasteiger charge is 2.34. The number of nitrogens with zero attached hydrogens (tertiary/aromatic N) is 1. The van der Waals surface area contributed by atoms with E-state index in [0.717, 1.165) is 36.1 Å². The fourth-order valence-corrected chi connectivity index (χ4v) is 5.04. The molecule has 0 spiro atoms. The maximum Gasteiger partial charge on any atom is 0.248 e. The number of benzene rings is 2. The van der Waals surface area contributed by atoms with Crippen LogP contribution in [-0.4, -0.2) is 23.6 Å². The van der Waals surface area contributed by atoms with E-state index in [9.17, 15) is 14.4 Å². The monoisotopic (exact) mass is 460 g/mol. The first kappa shape index (κ1) is 22.9. The van der Waals surface area contributed by atoms with Crippen molar-refractivity contribution in [2.75, 3.05) is 4.90 Å². The van der Waals surface area contributed by atoms with E-state index in [1.165, 1.54) is 18.3 Å². The summed E-state index contributed by atoms with van der Waals surface area (Å²) in [6, 6.07) is 19.5. The van der Waals surface area contributed by atoms with Gasteiger partial charge in [-0.15, -0.1) is 11.3 Å². The quantitative estimate of drug-likeness (QED) is 0.462. The van der Waals surface area contributed by atoms with Gasteiger partial charge in [-0.2, -0.15) is 0 Å². The van der Waals surface area contributed by atoms with Gasteiger partial charge in [0.1, 0.15) is 6.04 Å². The van der Waals surface area contributed by atoms with Crippen LogP contribution in [0.2, 0.25) is 0 Å². The second-order valence-electron chi connectivity index (χ2n) is 8.43. The standard InChI is InChI=1S/C27H28N2O3S/c1-19(30)20-13-15-23(16-14-20)29(25(31)18-24-12-7-17-33-24)26(21-8-3-2-4-9-21)27(32)28-22-10-5-6-11-22/h2-4,7-9,12-17,22,26H,5-6,10-11,18H2,1H3,(H,28,32)/t26-/m0/s1. The molecule has 2 aromatic carbocycles. The Morgan fingerprint density at radius 3 is 2.27 bits per heavy atom. The SMILES string of the molecule is CC(=O)c1ccc(N(C(=O)Cc2cccs2)[C@H](C(=O)NC2CCCC2)c2ccccc2)cc1. The predicted octanol–water partition coefficient (Wildman–Crippen LogP) is 5.33. The average molecular weight is 461 g/mol. The fourth-order valence-electron chi connectivity index (χ4n) is 4.34. The van der Waals surface area contributed by atoms with Crippen LogP contribution in [0.25, 0.3) is 0 Å². The minimum Gasteiger partial charge on any atom is -0.351 e. The smallest absolute Gasteiger partial charge is 0.248 e. The number of carbonyl (C=O) groups excluding carboxylic acids is 3. The molecule has 4 rings (SSSR count). The molecule has 1 atom stereocenters. The van der Waals surface area contributed by atoms with E-state index in [-0.39, 0.29) is 30.1 Å². The molecule has 5 nitrogen and oxygen atoms in total. The van der Waals surface area contributed by atoms with E-state index >= 15 is 0 Å². The van der Waals surface area contributed by atoms with Crippen LogP contribution in [0.15, 0.2) is 72.1 Å². The highest BCUT2D eigenvalue weighted by molar-refractivity contribution is 7.10. The van der Waals surface area contributed by atoms with Crippen molar-refractivity contribution in [2.24, 2.45) is 0 Å². The molecule has 1 saturated carbocycles. The van der Waals surface area contributed by atoms with Crippen molar-refractivity contribution in [3.8, 4) is 0 Å². The number of hydrogen-bond acceptors (Lipinski definition) is 4. The van der Waals surface area contributed by atoms with Gasteiger partial charge in [-0.3, -0.25) is 19.3 Å². The summed E-state index contributed by atoms with van der Waals surface area (Å²) in [5.41, 5.74) is 1.91. The number of hydrogen-bond donors (Lipinski definition) is 1. The third-order valence-corrected chi connectivity index (χ3v) is 6.93. The first-order valence-corrected chi connectivity index (χ1v) is 12.2. The molecule has 3 aromatic rings. The number of anilines is 1. The molecule has 1 aromatic heterocycles. The Balaban J connectivity index is 1.74. The first-order valence-electron chi connectivity index (χ1n) is 11.3. The van der Waals surface area contributed by atoms with Crippen molar-refractivity contribution in [1.82, 2.24) is 5.32 Å². The summed E-state index contributed by atoms with van der Waals surface area (Å²) < 4.78 is 0. The molecule has 1 aliphatic rings. The Kier molecular flexibility index (Phi) is 7.35. The Morgan fingerprint density at radius 1 is 0.970 bits per heavy atom. The van der Waals surface area contributed by atoms with Crippen molar-refractivity contribution in [1.29, 1.82) is 0 Å². The lowest BCUT2D eigenvalue weighted by Gasteiger charge is -2.32. The molecule has 0 unspecified atom stereocenters. The number of thiophene rings is 1. The molecule has 1 N–H and O–H groups in total. The van der Waals surface area contributed by atoms with Crippen LogP contribution in [0, 0.1) is 0 Å². The Labute approximate surface area is 198 Å². The highest BCUT2D eigenvalue weighted by atomic mass is 32.1. The summed E-state index contributed by atoms with van der Waals surface area (Å²) in [6.45, 7) is 1.51. The van der Waals surface area contributed by atoms with E-state index in [1.54, 1.807) is 29.2 Å². The van der Waals surface area contributed by atoms with E-state index in [4.69, 9.17) is 0 Å². The molecule has 0 radical (unpaired) electrons. The lowest BCUT2D eigenvalue weighted by Crippen LogP contribution is -2.46. The topological polar surface area (TPSA) is 66.5 Å². The maximum absolute atomic E-state index is 13.7. The summed E-state index contributed by atoms with van der Waals surface area (Å²) in [6.07, 6.45) is 4.34. The molecule has 1 aliphatic carbocycles. The Hall–Kier alpha value is -3.25. The van der Waals surface area contributed by atoms with Crippen LogP contribution in [0.5, 0.6) is 0 Å². The Bertz CT molecular complexity index is 1090. The second-order valence-corrected chi connectivity index (χ2v) is 9.46. The molecule has 6 heteroatoms. The van der Waals surface area contributed by atoms with Gasteiger partial charge >= 0.3 is 0 Å². The Morgan fingerprint density at radius 2 is 1.67 bits per heavy atom. The number of carbonyl (C=O) groups is 3. The van der Waals surface area contributed by atoms with Gasteiger partial charge in [0.2, 0.25) is 11.8 Å². The second kappa shape index (κ2) is 10.6. The number of nitrogens with one attached hydrogen (secondary N) is 1. The van der Waals surface area contributed by atoms with Gasteiger partial charge in [-0.1, -0.05) is 49.2 Å². The minimum atomic E-state index is -0.803. The van der Waals surface area contributed by atoms with Gasteiger partial charge in [-0.05, 0) is 61.0 Å². The summed E-state index contributed by atoms with van der Waals surface area (Å²) in [4.78, 5) is 41.6. The molecule has 33 heavy (non-hydrogen) atoms. The third-order valence-electron chi connectivity index (χ3n) is 6.05. The molecule has 170 valence electrons. The van der Waals surface area contributed by atoms with Crippen LogP contribution in [0.3, 0.4) is 0 Å². The van der Waals surface area contributed by atoms with Gasteiger partial charge in [0.15, 0.2) is 5.78 Å². The normalized spacial score (nSPS) is 14.6. The summed E-state index contributed by atoms with van der Waals surface area (Å²) in [7, 11) is 0. The largest absolute Gasteiger partial charge is 0.351 e. The molecule has 0 aliphatic heterocycles. The van der Waals surface area contributed by atoms with Gasteiger partial charge in [-0.25, -0.2) is 0 Å². The molecular formula is C27H28N2O3S. The fraction of sp³-hybridized carbons (Fsp3) is 0.296. The summed E-state index contributed by atoms with van der Waals surface area (Å²) >= 11 is 1.52. The van der Waals surface area contributed by atoms with Crippen LogP contribution in [-0.2, 0) is 16.0 Å². The zero-order chi connectivity index (χ0) is 23.2.